The molecular weight excluding hydrogens is 288 g/mol. The van der Waals surface area contributed by atoms with Crippen LogP contribution in [0.15, 0.2) is 30.3 Å². The molecule has 0 saturated carbocycles. The molecule has 1 aliphatic rings. The van der Waals surface area contributed by atoms with Crippen molar-refractivity contribution in [2.24, 2.45) is 0 Å². The summed E-state index contributed by atoms with van der Waals surface area (Å²) in [5.74, 6) is 7.07. The molecule has 0 unspecified atom stereocenters. The summed E-state index contributed by atoms with van der Waals surface area (Å²) in [5, 5.41) is 8.66. The molecule has 5 heteroatoms. The van der Waals surface area contributed by atoms with Crippen LogP contribution in [0.1, 0.15) is 15.3 Å². The summed E-state index contributed by atoms with van der Waals surface area (Å²) in [7, 11) is 0. The van der Waals surface area contributed by atoms with E-state index >= 15 is 0 Å². The highest BCUT2D eigenvalue weighted by molar-refractivity contribution is 7.12. The van der Waals surface area contributed by atoms with Crippen molar-refractivity contribution < 1.29 is 19.3 Å². The molecule has 0 bridgehead atoms. The number of hydrogen-bond donors (Lipinski definition) is 1. The van der Waals surface area contributed by atoms with Gasteiger partial charge in [0.1, 0.15) is 6.61 Å². The second-order valence-electron chi connectivity index (χ2n) is 4.41. The van der Waals surface area contributed by atoms with Gasteiger partial charge in [-0.1, -0.05) is 17.9 Å². The van der Waals surface area contributed by atoms with Crippen LogP contribution in [-0.2, 0) is 18.0 Å². The van der Waals surface area contributed by atoms with Crippen LogP contribution in [0.4, 0.5) is 0 Å². The fourth-order valence-electron chi connectivity index (χ4n) is 1.95. The SMILES string of the molecule is OCC#Cc1ccc(COCc2ccc3c(c2)OCO3)s1. The lowest BCUT2D eigenvalue weighted by molar-refractivity contribution is 0.109. The summed E-state index contributed by atoms with van der Waals surface area (Å²) in [6, 6.07) is 9.74. The van der Waals surface area contributed by atoms with Crippen molar-refractivity contribution in [3.05, 3.63) is 45.6 Å². The van der Waals surface area contributed by atoms with Crippen molar-refractivity contribution in [2.45, 2.75) is 13.2 Å². The van der Waals surface area contributed by atoms with Crippen LogP contribution in [0.5, 0.6) is 11.5 Å². The topological polar surface area (TPSA) is 47.9 Å². The minimum absolute atomic E-state index is 0.117. The first kappa shape index (κ1) is 14.0. The Hall–Kier alpha value is -2.00. The summed E-state index contributed by atoms with van der Waals surface area (Å²) < 4.78 is 16.3. The first-order valence-corrected chi connectivity index (χ1v) is 7.31. The highest BCUT2D eigenvalue weighted by Crippen LogP contribution is 2.32. The van der Waals surface area contributed by atoms with Crippen LogP contribution in [0.3, 0.4) is 0 Å². The molecular formula is C16H14O4S. The van der Waals surface area contributed by atoms with Crippen molar-refractivity contribution in [1.82, 2.24) is 0 Å². The maximum absolute atomic E-state index is 8.66. The monoisotopic (exact) mass is 302 g/mol. The molecule has 2 heterocycles. The zero-order valence-corrected chi connectivity index (χ0v) is 12.1. The molecule has 1 N–H and O–H groups in total. The molecule has 4 nitrogen and oxygen atoms in total. The van der Waals surface area contributed by atoms with Gasteiger partial charge in [0, 0.05) is 4.88 Å². The first-order valence-electron chi connectivity index (χ1n) is 6.50. The van der Waals surface area contributed by atoms with Crippen molar-refractivity contribution in [1.29, 1.82) is 0 Å². The molecule has 0 atom stereocenters. The van der Waals surface area contributed by atoms with Crippen LogP contribution in [0.2, 0.25) is 0 Å². The van der Waals surface area contributed by atoms with Crippen molar-refractivity contribution in [2.75, 3.05) is 13.4 Å². The Morgan fingerprint density at radius 3 is 2.95 bits per heavy atom. The minimum atomic E-state index is -0.117. The second-order valence-corrected chi connectivity index (χ2v) is 5.57. The average molecular weight is 302 g/mol. The molecule has 0 fully saturated rings. The fourth-order valence-corrected chi connectivity index (χ4v) is 2.77. The van der Waals surface area contributed by atoms with E-state index in [1.807, 2.05) is 30.3 Å². The van der Waals surface area contributed by atoms with Crippen LogP contribution in [-0.4, -0.2) is 18.5 Å². The maximum atomic E-state index is 8.66. The Bertz CT molecular complexity index is 681. The predicted molar refractivity (Wildman–Crippen MR) is 79.3 cm³/mol. The third kappa shape index (κ3) is 3.56. The summed E-state index contributed by atoms with van der Waals surface area (Å²) in [5.41, 5.74) is 1.05. The number of thiophene rings is 1. The van der Waals surface area contributed by atoms with Crippen LogP contribution in [0.25, 0.3) is 0 Å². The van der Waals surface area contributed by atoms with Gasteiger partial charge in [0.2, 0.25) is 6.79 Å². The van der Waals surface area contributed by atoms with Crippen LogP contribution in [0, 0.1) is 11.8 Å². The van der Waals surface area contributed by atoms with E-state index in [0.29, 0.717) is 13.2 Å². The van der Waals surface area contributed by atoms with Gasteiger partial charge in [0.05, 0.1) is 18.1 Å². The summed E-state index contributed by atoms with van der Waals surface area (Å²) in [6.07, 6.45) is 0. The van der Waals surface area contributed by atoms with Gasteiger partial charge >= 0.3 is 0 Å². The number of hydrogen-bond acceptors (Lipinski definition) is 5. The Labute approximate surface area is 126 Å². The fraction of sp³-hybridized carbons (Fsp3) is 0.250. The standard InChI is InChI=1S/C16H14O4S/c17-7-1-2-13-4-5-14(21-13)10-18-9-12-3-6-15-16(8-12)20-11-19-15/h3-6,8,17H,7,9-11H2. The lowest BCUT2D eigenvalue weighted by Gasteiger charge is -2.04. The molecule has 0 radical (unpaired) electrons. The molecule has 0 spiro atoms. The smallest absolute Gasteiger partial charge is 0.231 e. The van der Waals surface area contributed by atoms with Crippen molar-refractivity contribution in [3.63, 3.8) is 0 Å². The number of aliphatic hydroxyl groups excluding tert-OH is 1. The lowest BCUT2D eigenvalue weighted by atomic mass is 10.2. The highest BCUT2D eigenvalue weighted by Gasteiger charge is 2.13. The largest absolute Gasteiger partial charge is 0.454 e. The second kappa shape index (κ2) is 6.64. The Balaban J connectivity index is 1.53. The number of rotatable bonds is 4. The van der Waals surface area contributed by atoms with Crippen LogP contribution < -0.4 is 9.47 Å². The lowest BCUT2D eigenvalue weighted by Crippen LogP contribution is -1.93. The third-order valence-electron chi connectivity index (χ3n) is 2.90. The van der Waals surface area contributed by atoms with Gasteiger partial charge < -0.3 is 19.3 Å². The van der Waals surface area contributed by atoms with Gasteiger partial charge in [0.25, 0.3) is 0 Å². The molecule has 21 heavy (non-hydrogen) atoms. The Morgan fingerprint density at radius 1 is 1.14 bits per heavy atom. The molecule has 1 aromatic carbocycles. The quantitative estimate of drug-likeness (QED) is 0.882. The Morgan fingerprint density at radius 2 is 2.05 bits per heavy atom. The minimum Gasteiger partial charge on any atom is -0.454 e. The average Bonchev–Trinajstić information content (AvgIpc) is 3.13. The summed E-state index contributed by atoms with van der Waals surface area (Å²) in [4.78, 5) is 2.05. The maximum Gasteiger partial charge on any atom is 0.231 e. The molecule has 108 valence electrons. The molecule has 2 aromatic rings. The van der Waals surface area contributed by atoms with Crippen LogP contribution >= 0.6 is 11.3 Å². The van der Waals surface area contributed by atoms with Gasteiger partial charge in [-0.25, -0.2) is 0 Å². The first-order chi connectivity index (χ1) is 10.3. The molecule has 0 saturated heterocycles. The Kier molecular flexibility index (Phi) is 4.41. The molecule has 3 rings (SSSR count). The molecule has 0 amide bonds. The zero-order valence-electron chi connectivity index (χ0n) is 11.3. The highest BCUT2D eigenvalue weighted by atomic mass is 32.1. The van der Waals surface area contributed by atoms with Gasteiger partial charge in [-0.2, -0.15) is 0 Å². The number of fused-ring (bicyclic) bond motifs is 1. The van der Waals surface area contributed by atoms with E-state index in [1.54, 1.807) is 11.3 Å². The van der Waals surface area contributed by atoms with Gasteiger partial charge in [0.15, 0.2) is 11.5 Å². The van der Waals surface area contributed by atoms with E-state index in [-0.39, 0.29) is 13.4 Å². The van der Waals surface area contributed by atoms with Gasteiger partial charge in [-0.3, -0.25) is 0 Å². The predicted octanol–water partition coefficient (Wildman–Crippen LogP) is 2.54. The van der Waals surface area contributed by atoms with Gasteiger partial charge in [-0.05, 0) is 29.8 Å². The molecule has 1 aliphatic heterocycles. The van der Waals surface area contributed by atoms with Crippen molar-refractivity contribution in [3.8, 4) is 23.3 Å². The van der Waals surface area contributed by atoms with E-state index < -0.39 is 0 Å². The number of ether oxygens (including phenoxy) is 3. The summed E-state index contributed by atoms with van der Waals surface area (Å²) in [6.45, 7) is 1.23. The van der Waals surface area contributed by atoms with E-state index in [1.165, 1.54) is 0 Å². The van der Waals surface area contributed by atoms with E-state index in [9.17, 15) is 0 Å². The molecule has 1 aromatic heterocycles. The summed E-state index contributed by atoms with van der Waals surface area (Å²) >= 11 is 1.57. The third-order valence-corrected chi connectivity index (χ3v) is 3.88. The van der Waals surface area contributed by atoms with E-state index in [4.69, 9.17) is 19.3 Å². The number of benzene rings is 1. The van der Waals surface area contributed by atoms with Crippen molar-refractivity contribution >= 4 is 11.3 Å². The van der Waals surface area contributed by atoms with Gasteiger partial charge in [-0.15, -0.1) is 11.3 Å². The van der Waals surface area contributed by atoms with E-state index in [0.717, 1.165) is 26.8 Å². The normalized spacial score (nSPS) is 12.0. The zero-order chi connectivity index (χ0) is 14.5. The molecule has 0 aliphatic carbocycles. The van der Waals surface area contributed by atoms with E-state index in [2.05, 4.69) is 11.8 Å². The number of aliphatic hydroxyl groups is 1.